The van der Waals surface area contributed by atoms with Gasteiger partial charge in [-0.1, -0.05) is 28.1 Å². The van der Waals surface area contributed by atoms with Crippen molar-refractivity contribution in [2.75, 3.05) is 6.54 Å². The van der Waals surface area contributed by atoms with Crippen LogP contribution in [0.15, 0.2) is 34.9 Å². The van der Waals surface area contributed by atoms with Crippen molar-refractivity contribution >= 4 is 22.0 Å². The molecule has 22 heavy (non-hydrogen) atoms. The fourth-order valence-corrected chi connectivity index (χ4v) is 2.95. The number of rotatable bonds is 2. The van der Waals surface area contributed by atoms with Gasteiger partial charge < -0.3 is 10.1 Å². The predicted molar refractivity (Wildman–Crippen MR) is 82.9 cm³/mol. The van der Waals surface area contributed by atoms with E-state index in [2.05, 4.69) is 32.0 Å². The van der Waals surface area contributed by atoms with Crippen LogP contribution in [0, 0.1) is 17.2 Å². The number of amides is 1. The topological polar surface area (TPSA) is 93.0 Å². The highest BCUT2D eigenvalue weighted by molar-refractivity contribution is 9.10. The largest absolute Gasteiger partial charge is 0.465 e. The van der Waals surface area contributed by atoms with E-state index >= 15 is 0 Å². The zero-order valence-corrected chi connectivity index (χ0v) is 13.1. The quantitative estimate of drug-likeness (QED) is 0.857. The maximum Gasteiger partial charge on any atom is 0.407 e. The number of H-pyrrole nitrogens is 1. The SMILES string of the molecule is N#CC1CC(c2ncc(-c3ccc(Br)cc3)[nH]2)N(C(=O)O)C1. The van der Waals surface area contributed by atoms with E-state index in [1.54, 1.807) is 6.20 Å². The number of nitrogens with zero attached hydrogens (tertiary/aromatic N) is 3. The summed E-state index contributed by atoms with van der Waals surface area (Å²) in [7, 11) is 0. The Bertz CT molecular complexity index is 735. The minimum absolute atomic E-state index is 0.227. The summed E-state index contributed by atoms with van der Waals surface area (Å²) in [6.45, 7) is 0.227. The monoisotopic (exact) mass is 360 g/mol. The fraction of sp³-hybridized carbons (Fsp3) is 0.267. The van der Waals surface area contributed by atoms with E-state index in [0.717, 1.165) is 15.7 Å². The molecule has 7 heteroatoms. The third-order valence-electron chi connectivity index (χ3n) is 3.80. The van der Waals surface area contributed by atoms with Gasteiger partial charge in [-0.2, -0.15) is 5.26 Å². The van der Waals surface area contributed by atoms with Crippen LogP contribution < -0.4 is 0 Å². The summed E-state index contributed by atoms with van der Waals surface area (Å²) in [4.78, 5) is 20.1. The Morgan fingerprint density at radius 1 is 1.45 bits per heavy atom. The lowest BCUT2D eigenvalue weighted by Gasteiger charge is -2.19. The molecule has 1 aromatic heterocycles. The number of hydrogen-bond acceptors (Lipinski definition) is 3. The number of aromatic amines is 1. The summed E-state index contributed by atoms with van der Waals surface area (Å²) >= 11 is 3.39. The number of carbonyl (C=O) groups is 1. The minimum atomic E-state index is -1.02. The van der Waals surface area contributed by atoms with Crippen molar-refractivity contribution in [1.29, 1.82) is 5.26 Å². The van der Waals surface area contributed by atoms with Gasteiger partial charge in [-0.15, -0.1) is 0 Å². The molecule has 3 rings (SSSR count). The van der Waals surface area contributed by atoms with Crippen LogP contribution in [-0.2, 0) is 0 Å². The molecule has 2 atom stereocenters. The molecule has 0 bridgehead atoms. The third kappa shape index (κ3) is 2.70. The van der Waals surface area contributed by atoms with Crippen LogP contribution in [0.1, 0.15) is 18.3 Å². The Morgan fingerprint density at radius 3 is 2.82 bits per heavy atom. The summed E-state index contributed by atoms with van der Waals surface area (Å²) < 4.78 is 0.987. The molecule has 0 radical (unpaired) electrons. The Labute approximate surface area is 135 Å². The second kappa shape index (κ2) is 5.81. The van der Waals surface area contributed by atoms with E-state index in [-0.39, 0.29) is 12.5 Å². The number of imidazole rings is 1. The van der Waals surface area contributed by atoms with Crippen molar-refractivity contribution in [2.45, 2.75) is 12.5 Å². The molecule has 2 N–H and O–H groups in total. The summed E-state index contributed by atoms with van der Waals surface area (Å²) in [6, 6.07) is 9.50. The van der Waals surface area contributed by atoms with Crippen molar-refractivity contribution in [1.82, 2.24) is 14.9 Å². The summed E-state index contributed by atoms with van der Waals surface area (Å²) in [5, 5.41) is 18.3. The first-order valence-electron chi connectivity index (χ1n) is 6.78. The van der Waals surface area contributed by atoms with Gasteiger partial charge in [0.2, 0.25) is 0 Å². The van der Waals surface area contributed by atoms with Gasteiger partial charge in [0.05, 0.1) is 29.9 Å². The zero-order chi connectivity index (χ0) is 15.7. The first-order valence-corrected chi connectivity index (χ1v) is 7.58. The fourth-order valence-electron chi connectivity index (χ4n) is 2.68. The Balaban J connectivity index is 1.88. The zero-order valence-electron chi connectivity index (χ0n) is 11.5. The molecule has 1 aliphatic rings. The number of hydrogen-bond donors (Lipinski definition) is 2. The molecule has 2 aromatic rings. The third-order valence-corrected chi connectivity index (χ3v) is 4.32. The van der Waals surface area contributed by atoms with Crippen LogP contribution in [0.25, 0.3) is 11.3 Å². The van der Waals surface area contributed by atoms with E-state index < -0.39 is 12.1 Å². The first kappa shape index (κ1) is 14.6. The number of nitriles is 1. The van der Waals surface area contributed by atoms with Gasteiger partial charge in [-0.25, -0.2) is 9.78 Å². The molecule has 6 nitrogen and oxygen atoms in total. The Kier molecular flexibility index (Phi) is 3.86. The maximum absolute atomic E-state index is 11.3. The van der Waals surface area contributed by atoms with Crippen LogP contribution >= 0.6 is 15.9 Å². The molecular formula is C15H13BrN4O2. The van der Waals surface area contributed by atoms with E-state index in [9.17, 15) is 9.90 Å². The molecule has 2 unspecified atom stereocenters. The number of halogens is 1. The van der Waals surface area contributed by atoms with Crippen LogP contribution in [0.3, 0.4) is 0 Å². The lowest BCUT2D eigenvalue weighted by atomic mass is 10.1. The molecule has 1 aliphatic heterocycles. The van der Waals surface area contributed by atoms with E-state index in [1.165, 1.54) is 4.90 Å². The second-order valence-electron chi connectivity index (χ2n) is 5.20. The lowest BCUT2D eigenvalue weighted by molar-refractivity contribution is 0.138. The Morgan fingerprint density at radius 2 is 2.18 bits per heavy atom. The van der Waals surface area contributed by atoms with Gasteiger partial charge in [0.15, 0.2) is 0 Å². The van der Waals surface area contributed by atoms with E-state index in [4.69, 9.17) is 5.26 Å². The van der Waals surface area contributed by atoms with Crippen molar-refractivity contribution in [2.24, 2.45) is 5.92 Å². The van der Waals surface area contributed by atoms with Gasteiger partial charge in [0, 0.05) is 11.0 Å². The Hall–Kier alpha value is -2.33. The summed E-state index contributed by atoms with van der Waals surface area (Å²) in [5.41, 5.74) is 1.80. The first-order chi connectivity index (χ1) is 10.6. The van der Waals surface area contributed by atoms with E-state index in [1.807, 2.05) is 24.3 Å². The molecule has 1 amide bonds. The molecule has 1 fully saturated rings. The number of aromatic nitrogens is 2. The van der Waals surface area contributed by atoms with E-state index in [0.29, 0.717) is 12.2 Å². The highest BCUT2D eigenvalue weighted by Crippen LogP contribution is 2.34. The minimum Gasteiger partial charge on any atom is -0.465 e. The summed E-state index contributed by atoms with van der Waals surface area (Å²) in [6.07, 6.45) is 1.14. The molecule has 112 valence electrons. The highest BCUT2D eigenvalue weighted by atomic mass is 79.9. The number of carboxylic acid groups (broad SMARTS) is 1. The number of nitrogens with one attached hydrogen (secondary N) is 1. The molecule has 0 aliphatic carbocycles. The molecule has 0 saturated carbocycles. The highest BCUT2D eigenvalue weighted by Gasteiger charge is 2.37. The van der Waals surface area contributed by atoms with Crippen molar-refractivity contribution in [3.05, 3.63) is 40.8 Å². The molecule has 1 saturated heterocycles. The van der Waals surface area contributed by atoms with Crippen LogP contribution in [0.2, 0.25) is 0 Å². The average molecular weight is 361 g/mol. The molecule has 0 spiro atoms. The van der Waals surface area contributed by atoms with Gasteiger partial charge in [0.25, 0.3) is 0 Å². The van der Waals surface area contributed by atoms with Gasteiger partial charge in [-0.05, 0) is 24.1 Å². The smallest absolute Gasteiger partial charge is 0.407 e. The normalized spacial score (nSPS) is 20.8. The average Bonchev–Trinajstić information content (AvgIpc) is 3.14. The van der Waals surface area contributed by atoms with Gasteiger partial charge in [-0.3, -0.25) is 4.90 Å². The van der Waals surface area contributed by atoms with Gasteiger partial charge >= 0.3 is 6.09 Å². The van der Waals surface area contributed by atoms with Crippen molar-refractivity contribution in [3.8, 4) is 17.3 Å². The number of likely N-dealkylation sites (tertiary alicyclic amines) is 1. The number of benzene rings is 1. The van der Waals surface area contributed by atoms with Crippen LogP contribution in [0.5, 0.6) is 0 Å². The van der Waals surface area contributed by atoms with Crippen molar-refractivity contribution in [3.63, 3.8) is 0 Å². The maximum atomic E-state index is 11.3. The molecule has 1 aromatic carbocycles. The lowest BCUT2D eigenvalue weighted by Crippen LogP contribution is -2.29. The molecular weight excluding hydrogens is 348 g/mol. The van der Waals surface area contributed by atoms with Gasteiger partial charge in [0.1, 0.15) is 5.82 Å². The summed E-state index contributed by atoms with van der Waals surface area (Å²) in [5.74, 6) is 0.292. The molecule has 2 heterocycles. The standard InChI is InChI=1S/C15H13BrN4O2/c16-11-3-1-10(2-4-11)12-7-18-14(19-12)13-5-9(6-17)8-20(13)15(21)22/h1-4,7,9,13H,5,8H2,(H,18,19)(H,21,22). The predicted octanol–water partition coefficient (Wildman–Crippen LogP) is 3.40. The van der Waals surface area contributed by atoms with Crippen molar-refractivity contribution < 1.29 is 9.90 Å². The van der Waals surface area contributed by atoms with Crippen LogP contribution in [0.4, 0.5) is 4.79 Å². The van der Waals surface area contributed by atoms with Crippen LogP contribution in [-0.4, -0.2) is 32.6 Å². The second-order valence-corrected chi connectivity index (χ2v) is 6.12.